The second-order valence-electron chi connectivity index (χ2n) is 14.2. The van der Waals surface area contributed by atoms with Crippen LogP contribution in [0.5, 0.6) is 11.5 Å². The van der Waals surface area contributed by atoms with Gasteiger partial charge in [0.25, 0.3) is 0 Å². The minimum atomic E-state index is -2.70. The smallest absolute Gasteiger partial charge is 0.220 e. The Kier molecular flexibility index (Phi) is 4.71. The first-order valence-corrected chi connectivity index (χ1v) is 16.7. The average Bonchev–Trinajstić information content (AvgIpc) is 3.70. The lowest BCUT2D eigenvalue weighted by Crippen LogP contribution is -2.26. The predicted octanol–water partition coefficient (Wildman–Crippen LogP) is 11.5. The molecule has 0 aliphatic carbocycles. The normalized spacial score (nSPS) is 19.2. The molecule has 9 rings (SSSR count). The van der Waals surface area contributed by atoms with Crippen molar-refractivity contribution in [2.45, 2.75) is 59.1 Å². The van der Waals surface area contributed by atoms with E-state index in [0.29, 0.717) is 45.3 Å². The zero-order valence-electron chi connectivity index (χ0n) is 37.2. The molecule has 0 saturated carbocycles. The Labute approximate surface area is 305 Å². The molecule has 3 aromatic heterocycles. The van der Waals surface area contributed by atoms with Gasteiger partial charge in [0.15, 0.2) is 0 Å². The number of para-hydroxylation sites is 5. The second kappa shape index (κ2) is 10.7. The molecule has 5 heteroatoms. The van der Waals surface area contributed by atoms with Gasteiger partial charge in [0.05, 0.1) is 33.5 Å². The molecular formula is C45H40N4O. The Morgan fingerprint density at radius 3 is 2.26 bits per heavy atom. The summed E-state index contributed by atoms with van der Waals surface area (Å²) in [7, 11) is 0. The van der Waals surface area contributed by atoms with Crippen molar-refractivity contribution in [3.8, 4) is 39.7 Å². The SMILES string of the molecule is [2H]C([2H])([2H])c1ccc(-n2c3ccccc3n3c4ccccc4nc23)cc1-c1nc(-c2c(C(C)(C)C)ccc3c2Oc2ccccc2C3(C)C([2H])([2H])[2H])ccc1C([2H])([2H])[2H]. The molecule has 5 nitrogen and oxygen atoms in total. The first kappa shape index (κ1) is 22.1. The molecule has 0 amide bonds. The van der Waals surface area contributed by atoms with Crippen LogP contribution in [0.2, 0.25) is 0 Å². The fraction of sp³-hybridized carbons (Fsp3) is 0.200. The molecule has 1 aliphatic heterocycles. The Hall–Kier alpha value is -5.68. The van der Waals surface area contributed by atoms with Gasteiger partial charge in [0.1, 0.15) is 11.5 Å². The van der Waals surface area contributed by atoms with Gasteiger partial charge >= 0.3 is 0 Å². The van der Waals surface area contributed by atoms with E-state index in [9.17, 15) is 0 Å². The van der Waals surface area contributed by atoms with E-state index < -0.39 is 31.4 Å². The Morgan fingerprint density at radius 1 is 0.720 bits per heavy atom. The summed E-state index contributed by atoms with van der Waals surface area (Å²) in [5, 5.41) is 0. The summed E-state index contributed by atoms with van der Waals surface area (Å²) < 4.78 is 89.1. The molecule has 0 spiro atoms. The quantitative estimate of drug-likeness (QED) is 0.189. The van der Waals surface area contributed by atoms with Crippen molar-refractivity contribution in [3.63, 3.8) is 0 Å². The summed E-state index contributed by atoms with van der Waals surface area (Å²) >= 11 is 0. The number of benzene rings is 5. The Balaban J connectivity index is 1.36. The molecular weight excluding hydrogens is 613 g/mol. The van der Waals surface area contributed by atoms with Crippen molar-refractivity contribution in [1.82, 2.24) is 18.9 Å². The highest BCUT2D eigenvalue weighted by atomic mass is 16.5. The third-order valence-corrected chi connectivity index (χ3v) is 9.92. The van der Waals surface area contributed by atoms with Gasteiger partial charge < -0.3 is 4.74 Å². The highest BCUT2D eigenvalue weighted by Gasteiger charge is 2.38. The molecule has 1 atom stereocenters. The summed E-state index contributed by atoms with van der Waals surface area (Å²) in [4.78, 5) is 10.1. The van der Waals surface area contributed by atoms with Gasteiger partial charge in [-0.1, -0.05) is 101 Å². The largest absolute Gasteiger partial charge is 0.456 e. The van der Waals surface area contributed by atoms with Gasteiger partial charge in [0.2, 0.25) is 5.78 Å². The van der Waals surface area contributed by atoms with E-state index in [0.717, 1.165) is 27.6 Å². The molecule has 0 N–H and O–H groups in total. The lowest BCUT2D eigenvalue weighted by Gasteiger charge is -2.37. The van der Waals surface area contributed by atoms with Gasteiger partial charge in [-0.15, -0.1) is 0 Å². The number of nitrogens with zero attached hydrogens (tertiary/aromatic N) is 4. The second-order valence-corrected chi connectivity index (χ2v) is 14.2. The van der Waals surface area contributed by atoms with Gasteiger partial charge in [0, 0.05) is 45.7 Å². The van der Waals surface area contributed by atoms with Crippen molar-refractivity contribution in [2.75, 3.05) is 0 Å². The zero-order valence-corrected chi connectivity index (χ0v) is 28.2. The van der Waals surface area contributed by atoms with E-state index in [1.165, 1.54) is 12.1 Å². The number of pyridine rings is 1. The summed E-state index contributed by atoms with van der Waals surface area (Å²) in [5.41, 5.74) is 4.31. The number of aryl methyl sites for hydroxylation is 2. The van der Waals surface area contributed by atoms with E-state index in [-0.39, 0.29) is 22.4 Å². The molecule has 0 saturated heterocycles. The fourth-order valence-corrected chi connectivity index (χ4v) is 7.46. The van der Waals surface area contributed by atoms with E-state index in [2.05, 4.69) is 0 Å². The van der Waals surface area contributed by atoms with Crippen molar-refractivity contribution < 1.29 is 17.1 Å². The summed E-state index contributed by atoms with van der Waals surface area (Å²) in [6, 6.07) is 34.3. The lowest BCUT2D eigenvalue weighted by atomic mass is 9.72. The van der Waals surface area contributed by atoms with Crippen LogP contribution in [0.1, 0.15) is 74.7 Å². The number of aromatic nitrogens is 4. The summed E-state index contributed by atoms with van der Waals surface area (Å²) in [5.74, 6) is 1.28. The van der Waals surface area contributed by atoms with Crippen LogP contribution >= 0.6 is 0 Å². The third-order valence-electron chi connectivity index (χ3n) is 9.92. The number of hydrogen-bond donors (Lipinski definition) is 0. The van der Waals surface area contributed by atoms with Crippen molar-refractivity contribution in [3.05, 3.63) is 143 Å². The number of rotatable bonds is 3. The Morgan fingerprint density at radius 2 is 1.46 bits per heavy atom. The van der Waals surface area contributed by atoms with E-state index in [4.69, 9.17) is 27.0 Å². The molecule has 1 aliphatic rings. The fourth-order valence-electron chi connectivity index (χ4n) is 7.46. The van der Waals surface area contributed by atoms with Gasteiger partial charge in [-0.3, -0.25) is 8.97 Å². The first-order valence-electron chi connectivity index (χ1n) is 21.2. The van der Waals surface area contributed by atoms with E-state index in [1.807, 2.05) is 84.3 Å². The topological polar surface area (TPSA) is 44.4 Å². The molecule has 246 valence electrons. The maximum absolute atomic E-state index is 8.81. The monoisotopic (exact) mass is 661 g/mol. The van der Waals surface area contributed by atoms with Gasteiger partial charge in [-0.05, 0) is 84.3 Å². The zero-order chi connectivity index (χ0) is 42.0. The number of hydrogen-bond acceptors (Lipinski definition) is 3. The predicted molar refractivity (Wildman–Crippen MR) is 205 cm³/mol. The van der Waals surface area contributed by atoms with Crippen LogP contribution in [0.25, 0.3) is 56.0 Å². The third kappa shape index (κ3) is 4.39. The van der Waals surface area contributed by atoms with Crippen LogP contribution in [0, 0.1) is 13.7 Å². The molecule has 5 aromatic carbocycles. The molecule has 4 heterocycles. The van der Waals surface area contributed by atoms with Crippen molar-refractivity contribution >= 4 is 27.8 Å². The number of imidazole rings is 2. The van der Waals surface area contributed by atoms with E-state index >= 15 is 0 Å². The average molecular weight is 662 g/mol. The minimum Gasteiger partial charge on any atom is -0.456 e. The standard InChI is InChI=1S/C45H40N4O/c1-27-20-22-29(48-37-17-11-12-18-38(37)49-36-16-10-9-15-34(36)47-43(48)49)26-30(27)41-28(2)21-25-35(46-41)40-32(44(3,4)5)23-24-33-42(40)50-39-19-13-8-14-31(39)45(33,6)7/h8-26H,1-7H3/i1D3,2D3,6D3. The van der Waals surface area contributed by atoms with Crippen LogP contribution in [0.4, 0.5) is 0 Å². The van der Waals surface area contributed by atoms with Crippen LogP contribution in [-0.2, 0) is 10.8 Å². The highest BCUT2D eigenvalue weighted by molar-refractivity contribution is 5.92. The highest BCUT2D eigenvalue weighted by Crippen LogP contribution is 2.53. The molecule has 1 unspecified atom stereocenters. The first-order chi connectivity index (χ1) is 27.7. The molecule has 0 radical (unpaired) electrons. The van der Waals surface area contributed by atoms with Crippen LogP contribution in [0.15, 0.2) is 115 Å². The molecule has 8 aromatic rings. The van der Waals surface area contributed by atoms with Crippen LogP contribution in [0.3, 0.4) is 0 Å². The van der Waals surface area contributed by atoms with E-state index in [1.54, 1.807) is 55.5 Å². The maximum atomic E-state index is 8.81. The molecule has 0 fully saturated rings. The summed E-state index contributed by atoms with van der Waals surface area (Å²) in [6.07, 6.45) is 0. The minimum absolute atomic E-state index is 0.0382. The number of fused-ring (bicyclic) bond motifs is 7. The molecule has 50 heavy (non-hydrogen) atoms. The maximum Gasteiger partial charge on any atom is 0.220 e. The van der Waals surface area contributed by atoms with Gasteiger partial charge in [-0.25, -0.2) is 9.97 Å². The lowest BCUT2D eigenvalue weighted by molar-refractivity contribution is 0.417. The number of ether oxygens (including phenoxy) is 1. The van der Waals surface area contributed by atoms with Crippen molar-refractivity contribution in [1.29, 1.82) is 0 Å². The Bertz CT molecular complexity index is 3000. The van der Waals surface area contributed by atoms with Crippen molar-refractivity contribution in [2.24, 2.45) is 0 Å². The van der Waals surface area contributed by atoms with Crippen LogP contribution in [-0.4, -0.2) is 18.9 Å². The summed E-state index contributed by atoms with van der Waals surface area (Å²) in [6.45, 7) is -0.0983. The van der Waals surface area contributed by atoms with Crippen LogP contribution < -0.4 is 4.74 Å². The molecule has 0 bridgehead atoms. The van der Waals surface area contributed by atoms with Gasteiger partial charge in [-0.2, -0.15) is 0 Å².